The second kappa shape index (κ2) is 5.47. The molecule has 0 aliphatic heterocycles. The predicted octanol–water partition coefficient (Wildman–Crippen LogP) is 1.33. The number of alkyl halides is 1. The van der Waals surface area contributed by atoms with E-state index in [1.807, 2.05) is 21.1 Å². The van der Waals surface area contributed by atoms with E-state index in [-0.39, 0.29) is 24.1 Å². The molecular formula is C10H19ClNO3+. The summed E-state index contributed by atoms with van der Waals surface area (Å²) in [5, 5.41) is 8.90. The van der Waals surface area contributed by atoms with E-state index in [9.17, 15) is 9.59 Å². The van der Waals surface area contributed by atoms with Gasteiger partial charge in [0.2, 0.25) is 0 Å². The first-order chi connectivity index (χ1) is 6.70. The quantitative estimate of drug-likeness (QED) is 0.328. The Morgan fingerprint density at radius 3 is 2.07 bits per heavy atom. The largest absolute Gasteiger partial charge is 0.481 e. The molecule has 15 heavy (non-hydrogen) atoms. The van der Waals surface area contributed by atoms with Crippen LogP contribution in [0.25, 0.3) is 0 Å². The number of quaternary nitrogens is 1. The zero-order chi connectivity index (χ0) is 12.2. The third-order valence-electron chi connectivity index (χ3n) is 2.31. The van der Waals surface area contributed by atoms with Gasteiger partial charge in [-0.1, -0.05) is 18.5 Å². The highest BCUT2D eigenvalue weighted by Crippen LogP contribution is 2.19. The number of aliphatic carboxylic acids is 1. The third kappa shape index (κ3) is 4.62. The lowest BCUT2D eigenvalue weighted by Crippen LogP contribution is -2.44. The van der Waals surface area contributed by atoms with Crippen molar-refractivity contribution in [3.63, 3.8) is 0 Å². The van der Waals surface area contributed by atoms with Crippen LogP contribution in [0.1, 0.15) is 19.8 Å². The number of Topliss-reactive ketones (excluding diaryl/α,β-unsaturated/α-hetero) is 1. The van der Waals surface area contributed by atoms with Crippen LogP contribution >= 0.6 is 11.6 Å². The number of rotatable bonds is 6. The molecule has 0 saturated heterocycles. The van der Waals surface area contributed by atoms with Gasteiger partial charge in [-0.2, -0.15) is 0 Å². The molecule has 0 bridgehead atoms. The minimum atomic E-state index is -1.08. The van der Waals surface area contributed by atoms with Crippen LogP contribution in [0, 0.1) is 5.92 Å². The summed E-state index contributed by atoms with van der Waals surface area (Å²) in [6, 6.07) is 0. The van der Waals surface area contributed by atoms with E-state index in [0.29, 0.717) is 4.48 Å². The van der Waals surface area contributed by atoms with Gasteiger partial charge in [-0.15, -0.1) is 0 Å². The number of halogens is 1. The van der Waals surface area contributed by atoms with Crippen LogP contribution in [0.15, 0.2) is 0 Å². The minimum absolute atomic E-state index is 0.174. The number of ketones is 1. The molecule has 0 aliphatic rings. The van der Waals surface area contributed by atoms with Gasteiger partial charge in [0.1, 0.15) is 11.7 Å². The van der Waals surface area contributed by atoms with Crippen LogP contribution in [-0.4, -0.2) is 48.0 Å². The Morgan fingerprint density at radius 2 is 1.80 bits per heavy atom. The molecule has 0 radical (unpaired) electrons. The first kappa shape index (κ1) is 14.4. The van der Waals surface area contributed by atoms with Crippen molar-refractivity contribution in [1.29, 1.82) is 0 Å². The number of nitrogens with zero attached hydrogens (tertiary/aromatic N) is 1. The van der Waals surface area contributed by atoms with E-state index >= 15 is 0 Å². The molecule has 0 aromatic carbocycles. The molecule has 5 heteroatoms. The molecule has 0 amide bonds. The Hall–Kier alpha value is -0.610. The minimum Gasteiger partial charge on any atom is -0.481 e. The zero-order valence-corrected chi connectivity index (χ0v) is 10.4. The van der Waals surface area contributed by atoms with Crippen molar-refractivity contribution >= 4 is 23.4 Å². The SMILES string of the molecule is CCC(=O)[C@@H](C[C@H](Cl)[N+](C)(C)C)C(=O)O. The highest BCUT2D eigenvalue weighted by atomic mass is 35.5. The van der Waals surface area contributed by atoms with Crippen molar-refractivity contribution in [2.45, 2.75) is 25.3 Å². The molecule has 0 rings (SSSR count). The smallest absolute Gasteiger partial charge is 0.314 e. The standard InChI is InChI=1S/C10H18ClNO3/c1-5-8(13)7(10(14)15)6-9(11)12(2,3)4/h7,9H,5-6H2,1-4H3/p+1/t7-,9-/m1/s1. The van der Waals surface area contributed by atoms with E-state index in [1.165, 1.54) is 0 Å². The van der Waals surface area contributed by atoms with E-state index in [1.54, 1.807) is 6.92 Å². The number of carboxylic acids is 1. The fourth-order valence-corrected chi connectivity index (χ4v) is 1.31. The number of hydrogen-bond acceptors (Lipinski definition) is 2. The number of carbonyl (C=O) groups is 2. The van der Waals surface area contributed by atoms with Gasteiger partial charge < -0.3 is 9.59 Å². The molecular weight excluding hydrogens is 218 g/mol. The van der Waals surface area contributed by atoms with Crippen molar-refractivity contribution in [3.8, 4) is 0 Å². The van der Waals surface area contributed by atoms with Gasteiger partial charge in [-0.3, -0.25) is 9.59 Å². The lowest BCUT2D eigenvalue weighted by atomic mass is 9.98. The molecule has 0 saturated carbocycles. The Morgan fingerprint density at radius 1 is 1.33 bits per heavy atom. The van der Waals surface area contributed by atoms with E-state index in [2.05, 4.69) is 0 Å². The summed E-state index contributed by atoms with van der Waals surface area (Å²) in [5.41, 5.74) is -0.374. The molecule has 0 heterocycles. The van der Waals surface area contributed by atoms with Crippen LogP contribution < -0.4 is 0 Å². The van der Waals surface area contributed by atoms with Crippen molar-refractivity contribution in [2.75, 3.05) is 21.1 Å². The van der Waals surface area contributed by atoms with Crippen LogP contribution in [0.3, 0.4) is 0 Å². The summed E-state index contributed by atoms with van der Waals surface area (Å²) < 4.78 is 0.433. The van der Waals surface area contributed by atoms with Gasteiger partial charge >= 0.3 is 5.97 Å². The molecule has 0 aromatic rings. The summed E-state index contributed by atoms with van der Waals surface area (Å²) >= 11 is 6.05. The van der Waals surface area contributed by atoms with Gasteiger partial charge in [0.15, 0.2) is 5.50 Å². The zero-order valence-electron chi connectivity index (χ0n) is 9.66. The molecule has 0 aliphatic carbocycles. The predicted molar refractivity (Wildman–Crippen MR) is 58.7 cm³/mol. The van der Waals surface area contributed by atoms with Gasteiger partial charge in [-0.05, 0) is 0 Å². The van der Waals surface area contributed by atoms with E-state index in [4.69, 9.17) is 16.7 Å². The molecule has 0 spiro atoms. The maximum Gasteiger partial charge on any atom is 0.314 e. The second-order valence-electron chi connectivity index (χ2n) is 4.50. The fourth-order valence-electron chi connectivity index (χ4n) is 1.13. The topological polar surface area (TPSA) is 54.4 Å². The monoisotopic (exact) mass is 236 g/mol. The lowest BCUT2D eigenvalue weighted by molar-refractivity contribution is -0.883. The summed E-state index contributed by atoms with van der Waals surface area (Å²) in [6.07, 6.45) is 0.408. The van der Waals surface area contributed by atoms with Gasteiger partial charge in [0.05, 0.1) is 21.1 Å². The fraction of sp³-hybridized carbons (Fsp3) is 0.800. The normalized spacial score (nSPS) is 15.8. The Kier molecular flexibility index (Phi) is 5.24. The second-order valence-corrected chi connectivity index (χ2v) is 5.00. The molecule has 88 valence electrons. The van der Waals surface area contributed by atoms with Crippen LogP contribution in [0.2, 0.25) is 0 Å². The van der Waals surface area contributed by atoms with Crippen molar-refractivity contribution in [2.24, 2.45) is 5.92 Å². The van der Waals surface area contributed by atoms with Gasteiger partial charge in [0, 0.05) is 12.8 Å². The number of carbonyl (C=O) groups excluding carboxylic acids is 1. The van der Waals surface area contributed by atoms with Crippen LogP contribution in [0.4, 0.5) is 0 Å². The molecule has 2 atom stereocenters. The molecule has 0 aromatic heterocycles. The average Bonchev–Trinajstić information content (AvgIpc) is 2.10. The average molecular weight is 237 g/mol. The number of hydrogen-bond donors (Lipinski definition) is 1. The summed E-state index contributed by atoms with van der Waals surface area (Å²) in [4.78, 5) is 22.2. The first-order valence-corrected chi connectivity index (χ1v) is 5.34. The maximum atomic E-state index is 11.4. The molecule has 0 unspecified atom stereocenters. The van der Waals surface area contributed by atoms with Gasteiger partial charge in [-0.25, -0.2) is 0 Å². The van der Waals surface area contributed by atoms with Crippen LogP contribution in [-0.2, 0) is 9.59 Å². The molecule has 4 nitrogen and oxygen atoms in total. The Bertz CT molecular complexity index is 248. The summed E-state index contributed by atoms with van der Waals surface area (Å²) in [7, 11) is 5.60. The van der Waals surface area contributed by atoms with Crippen molar-refractivity contribution in [3.05, 3.63) is 0 Å². The highest BCUT2D eigenvalue weighted by molar-refractivity contribution is 6.20. The number of carboxylic acid groups (broad SMARTS) is 1. The molecule has 1 N–H and O–H groups in total. The Balaban J connectivity index is 4.57. The maximum absolute atomic E-state index is 11.4. The van der Waals surface area contributed by atoms with E-state index in [0.717, 1.165) is 0 Å². The Labute approximate surface area is 95.4 Å². The van der Waals surface area contributed by atoms with E-state index < -0.39 is 11.9 Å². The van der Waals surface area contributed by atoms with Crippen molar-refractivity contribution < 1.29 is 19.2 Å². The third-order valence-corrected chi connectivity index (χ3v) is 3.07. The lowest BCUT2D eigenvalue weighted by Gasteiger charge is -2.30. The van der Waals surface area contributed by atoms with Crippen LogP contribution in [0.5, 0.6) is 0 Å². The molecule has 0 fully saturated rings. The van der Waals surface area contributed by atoms with Crippen molar-refractivity contribution in [1.82, 2.24) is 0 Å². The summed E-state index contributed by atoms with van der Waals surface area (Å²) in [6.45, 7) is 1.66. The first-order valence-electron chi connectivity index (χ1n) is 4.90. The van der Waals surface area contributed by atoms with Gasteiger partial charge in [0.25, 0.3) is 0 Å². The summed E-state index contributed by atoms with van der Waals surface area (Å²) in [5.74, 6) is -2.32. The highest BCUT2D eigenvalue weighted by Gasteiger charge is 2.32.